The second-order valence-electron chi connectivity index (χ2n) is 2.37. The Hall–Kier alpha value is -0.750. The predicted molar refractivity (Wildman–Crippen MR) is 52.9 cm³/mol. The predicted octanol–water partition coefficient (Wildman–Crippen LogP) is 0.959. The van der Waals surface area contributed by atoms with Crippen molar-refractivity contribution in [2.75, 3.05) is 6.26 Å². The fraction of sp³-hybridized carbons (Fsp3) is 0.167. The molecule has 6 heteroatoms. The highest BCUT2D eigenvalue weighted by molar-refractivity contribution is 8.77. The molecule has 0 N–H and O–H groups in total. The largest absolute Gasteiger partial charge is 0.285 e. The average molecular weight is 200 g/mol. The zero-order valence-corrected chi connectivity index (χ0v) is 8.20. The fourth-order valence-corrected chi connectivity index (χ4v) is 1.72. The van der Waals surface area contributed by atoms with Crippen LogP contribution in [0.15, 0.2) is 23.7 Å². The molecule has 64 valence electrons. The van der Waals surface area contributed by atoms with Gasteiger partial charge in [-0.1, -0.05) is 0 Å². The number of hydrogen-bond donors (Lipinski definition) is 2. The molecular formula is C6H8N4S2. The van der Waals surface area contributed by atoms with Gasteiger partial charge in [-0.2, -0.15) is 9.93 Å². The van der Waals surface area contributed by atoms with E-state index in [1.54, 1.807) is 12.5 Å². The van der Waals surface area contributed by atoms with Crippen molar-refractivity contribution in [3.63, 3.8) is 0 Å². The van der Waals surface area contributed by atoms with Crippen LogP contribution < -0.4 is 0 Å². The quantitative estimate of drug-likeness (QED) is 0.532. The van der Waals surface area contributed by atoms with E-state index >= 15 is 0 Å². The van der Waals surface area contributed by atoms with Crippen molar-refractivity contribution < 1.29 is 0 Å². The van der Waals surface area contributed by atoms with Crippen molar-refractivity contribution in [3.05, 3.63) is 18.7 Å². The molecule has 0 amide bonds. The normalized spacial score (nSPS) is 15.0. The Morgan fingerprint density at radius 3 is 3.17 bits per heavy atom. The van der Waals surface area contributed by atoms with Crippen molar-refractivity contribution >= 4 is 27.2 Å². The molecule has 0 aliphatic rings. The lowest BCUT2D eigenvalue weighted by atomic mass is 10.7. The van der Waals surface area contributed by atoms with E-state index < -0.39 is 9.93 Å². The molecule has 0 aliphatic carbocycles. The van der Waals surface area contributed by atoms with Gasteiger partial charge >= 0.3 is 0 Å². The van der Waals surface area contributed by atoms with Gasteiger partial charge in [0, 0.05) is 6.20 Å². The van der Waals surface area contributed by atoms with Crippen LogP contribution in [0.1, 0.15) is 0 Å². The molecule has 0 radical (unpaired) electrons. The standard InChI is InChI=1S/C6H8N4S2/c1-12(11)6-3-10-4-8-9-5(10)2-7-6/h2-4,11-12H,1H3. The summed E-state index contributed by atoms with van der Waals surface area (Å²) in [6.07, 6.45) is 7.31. The summed E-state index contributed by atoms with van der Waals surface area (Å²) in [5.74, 6) is 0. The topological polar surface area (TPSA) is 43.1 Å². The van der Waals surface area contributed by atoms with E-state index in [0.29, 0.717) is 0 Å². The highest BCUT2D eigenvalue weighted by Crippen LogP contribution is 2.33. The third-order valence-corrected chi connectivity index (χ3v) is 3.01. The highest BCUT2D eigenvalue weighted by atomic mass is 33.1. The van der Waals surface area contributed by atoms with Crippen molar-refractivity contribution in [1.82, 2.24) is 19.6 Å². The molecule has 0 saturated carbocycles. The summed E-state index contributed by atoms with van der Waals surface area (Å²) in [4.78, 5) is 4.21. The van der Waals surface area contributed by atoms with Crippen molar-refractivity contribution in [2.45, 2.75) is 5.03 Å². The van der Waals surface area contributed by atoms with Crippen LogP contribution in [0.5, 0.6) is 0 Å². The summed E-state index contributed by atoms with van der Waals surface area (Å²) in [5, 5.41) is 8.60. The molecule has 0 aromatic carbocycles. The zero-order valence-electron chi connectivity index (χ0n) is 6.42. The van der Waals surface area contributed by atoms with E-state index in [1.165, 1.54) is 0 Å². The molecule has 0 fully saturated rings. The fourth-order valence-electron chi connectivity index (χ4n) is 0.892. The first-order valence-corrected chi connectivity index (χ1v) is 6.29. The molecule has 0 saturated heterocycles. The lowest BCUT2D eigenvalue weighted by Crippen LogP contribution is -1.88. The van der Waals surface area contributed by atoms with Gasteiger partial charge < -0.3 is 0 Å². The highest BCUT2D eigenvalue weighted by Gasteiger charge is 2.00. The van der Waals surface area contributed by atoms with Gasteiger partial charge in [0.1, 0.15) is 11.4 Å². The second kappa shape index (κ2) is 2.95. The summed E-state index contributed by atoms with van der Waals surface area (Å²) in [6, 6.07) is 0. The summed E-state index contributed by atoms with van der Waals surface area (Å²) >= 11 is 4.34. The first-order valence-electron chi connectivity index (χ1n) is 3.35. The van der Waals surface area contributed by atoms with Gasteiger partial charge in [0.2, 0.25) is 0 Å². The molecule has 0 aliphatic heterocycles. The number of thiol groups is 2. The SMILES string of the molecule is C[SH](S)c1cn2cnnc2cn1. The van der Waals surface area contributed by atoms with E-state index in [-0.39, 0.29) is 0 Å². The smallest absolute Gasteiger partial charge is 0.179 e. The lowest BCUT2D eigenvalue weighted by Gasteiger charge is -2.05. The zero-order chi connectivity index (χ0) is 8.55. The number of hydrogen-bond acceptors (Lipinski definition) is 4. The van der Waals surface area contributed by atoms with Gasteiger partial charge in [0.15, 0.2) is 5.65 Å². The minimum absolute atomic E-state index is 0.443. The van der Waals surface area contributed by atoms with Crippen molar-refractivity contribution in [3.8, 4) is 0 Å². The Morgan fingerprint density at radius 2 is 2.42 bits per heavy atom. The third kappa shape index (κ3) is 1.27. The van der Waals surface area contributed by atoms with Crippen LogP contribution >= 0.6 is 21.6 Å². The van der Waals surface area contributed by atoms with Crippen LogP contribution in [0.3, 0.4) is 0 Å². The lowest BCUT2D eigenvalue weighted by molar-refractivity contribution is 1.02. The maximum Gasteiger partial charge on any atom is 0.179 e. The summed E-state index contributed by atoms with van der Waals surface area (Å²) in [5.41, 5.74) is 0.768. The number of nitrogens with zero attached hydrogens (tertiary/aromatic N) is 4. The monoisotopic (exact) mass is 200 g/mol. The molecule has 0 spiro atoms. The van der Waals surface area contributed by atoms with Crippen LogP contribution in [0.2, 0.25) is 0 Å². The van der Waals surface area contributed by atoms with E-state index in [0.717, 1.165) is 10.7 Å². The van der Waals surface area contributed by atoms with Crippen LogP contribution in [-0.4, -0.2) is 25.8 Å². The van der Waals surface area contributed by atoms with E-state index in [4.69, 9.17) is 0 Å². The van der Waals surface area contributed by atoms with Gasteiger partial charge in [-0.3, -0.25) is 4.40 Å². The number of rotatable bonds is 1. The maximum absolute atomic E-state index is 4.34. The van der Waals surface area contributed by atoms with Crippen LogP contribution in [0.4, 0.5) is 0 Å². The number of aromatic nitrogens is 4. The maximum atomic E-state index is 4.34. The molecule has 2 rings (SSSR count). The molecular weight excluding hydrogens is 192 g/mol. The van der Waals surface area contributed by atoms with Crippen molar-refractivity contribution in [2.24, 2.45) is 0 Å². The minimum atomic E-state index is -0.443. The Labute approximate surface area is 77.2 Å². The second-order valence-corrected chi connectivity index (χ2v) is 5.67. The first kappa shape index (κ1) is 7.88. The molecule has 2 aromatic rings. The molecule has 1 unspecified atom stereocenters. The Bertz CT molecular complexity index is 397. The van der Waals surface area contributed by atoms with Crippen molar-refractivity contribution in [1.29, 1.82) is 0 Å². The molecule has 2 heterocycles. The van der Waals surface area contributed by atoms with Gasteiger partial charge in [-0.25, -0.2) is 4.98 Å². The molecule has 0 bridgehead atoms. The van der Waals surface area contributed by atoms with E-state index in [2.05, 4.69) is 26.8 Å². The Kier molecular flexibility index (Phi) is 1.93. The summed E-state index contributed by atoms with van der Waals surface area (Å²) in [7, 11) is -0.443. The van der Waals surface area contributed by atoms with Crippen LogP contribution in [0, 0.1) is 0 Å². The van der Waals surface area contributed by atoms with Gasteiger partial charge in [0.25, 0.3) is 0 Å². The molecule has 1 atom stereocenters. The van der Waals surface area contributed by atoms with Gasteiger partial charge in [0.05, 0.1) is 6.20 Å². The summed E-state index contributed by atoms with van der Waals surface area (Å²) < 4.78 is 1.84. The van der Waals surface area contributed by atoms with E-state index in [1.807, 2.05) is 16.9 Å². The Balaban J connectivity index is 2.60. The van der Waals surface area contributed by atoms with Crippen LogP contribution in [0.25, 0.3) is 5.65 Å². The number of fused-ring (bicyclic) bond motifs is 1. The average Bonchev–Trinajstić information content (AvgIpc) is 2.49. The molecule has 12 heavy (non-hydrogen) atoms. The van der Waals surface area contributed by atoms with E-state index in [9.17, 15) is 0 Å². The molecule has 2 aromatic heterocycles. The first-order chi connectivity index (χ1) is 5.77. The van der Waals surface area contributed by atoms with Crippen LogP contribution in [-0.2, 0) is 0 Å². The summed E-state index contributed by atoms with van der Waals surface area (Å²) in [6.45, 7) is 0. The minimum Gasteiger partial charge on any atom is -0.285 e. The Morgan fingerprint density at radius 1 is 1.58 bits per heavy atom. The van der Waals surface area contributed by atoms with Gasteiger partial charge in [-0.15, -0.1) is 21.9 Å². The van der Waals surface area contributed by atoms with Gasteiger partial charge in [-0.05, 0) is 6.26 Å². The molecule has 4 nitrogen and oxygen atoms in total. The third-order valence-electron chi connectivity index (χ3n) is 1.50.